The zero-order valence-corrected chi connectivity index (χ0v) is 7.96. The molecule has 2 aromatic rings. The van der Waals surface area contributed by atoms with Gasteiger partial charge in [-0.3, -0.25) is 0 Å². The van der Waals surface area contributed by atoms with Crippen LogP contribution in [0.4, 0.5) is 5.82 Å². The minimum Gasteiger partial charge on any atom is -0.370 e. The molecule has 3 rings (SSSR count). The Bertz CT molecular complexity index is 432. The number of para-hydroxylation sites is 1. The van der Waals surface area contributed by atoms with Crippen molar-refractivity contribution >= 4 is 16.7 Å². The van der Waals surface area contributed by atoms with Crippen LogP contribution in [0.5, 0.6) is 0 Å². The summed E-state index contributed by atoms with van der Waals surface area (Å²) >= 11 is 0. The van der Waals surface area contributed by atoms with Crippen LogP contribution in [0, 0.1) is 0 Å². The van der Waals surface area contributed by atoms with Crippen molar-refractivity contribution in [3.8, 4) is 0 Å². The summed E-state index contributed by atoms with van der Waals surface area (Å²) in [6.07, 6.45) is 2.37. The summed E-state index contributed by atoms with van der Waals surface area (Å²) in [4.78, 5) is 4.60. The van der Waals surface area contributed by atoms with Crippen molar-refractivity contribution in [1.29, 1.82) is 0 Å². The van der Waals surface area contributed by atoms with Crippen LogP contribution in [0.25, 0.3) is 10.9 Å². The fraction of sp³-hybridized carbons (Fsp3) is 0.250. The summed E-state index contributed by atoms with van der Waals surface area (Å²) in [5.41, 5.74) is 2.44. The van der Waals surface area contributed by atoms with Gasteiger partial charge in [0.05, 0.1) is 5.52 Å². The Hall–Kier alpha value is -1.57. The predicted molar refractivity (Wildman–Crippen MR) is 58.6 cm³/mol. The Morgan fingerprint density at radius 1 is 1.21 bits per heavy atom. The monoisotopic (exact) mass is 184 g/mol. The van der Waals surface area contributed by atoms with E-state index in [1.807, 2.05) is 6.07 Å². The van der Waals surface area contributed by atoms with Gasteiger partial charge >= 0.3 is 0 Å². The quantitative estimate of drug-likeness (QED) is 0.680. The second kappa shape index (κ2) is 2.98. The van der Waals surface area contributed by atoms with Crippen molar-refractivity contribution in [3.63, 3.8) is 0 Å². The SMILES string of the molecule is c1ccc2nc3c(cc2c1)CCCN3. The van der Waals surface area contributed by atoms with E-state index in [2.05, 4.69) is 34.6 Å². The fourth-order valence-corrected chi connectivity index (χ4v) is 1.99. The summed E-state index contributed by atoms with van der Waals surface area (Å²) < 4.78 is 0. The van der Waals surface area contributed by atoms with E-state index in [1.165, 1.54) is 17.4 Å². The van der Waals surface area contributed by atoms with Crippen LogP contribution in [0.1, 0.15) is 12.0 Å². The highest BCUT2D eigenvalue weighted by molar-refractivity contribution is 5.81. The first-order valence-electron chi connectivity index (χ1n) is 5.06. The van der Waals surface area contributed by atoms with E-state index < -0.39 is 0 Å². The lowest BCUT2D eigenvalue weighted by Crippen LogP contribution is -2.13. The molecule has 0 spiro atoms. The third kappa shape index (κ3) is 1.15. The molecule has 70 valence electrons. The van der Waals surface area contributed by atoms with Crippen molar-refractivity contribution in [2.45, 2.75) is 12.8 Å². The van der Waals surface area contributed by atoms with Crippen LogP contribution in [-0.4, -0.2) is 11.5 Å². The van der Waals surface area contributed by atoms with Crippen molar-refractivity contribution < 1.29 is 0 Å². The molecule has 2 heterocycles. The number of aryl methyl sites for hydroxylation is 1. The molecule has 1 aliphatic rings. The first-order chi connectivity index (χ1) is 6.93. The summed E-state index contributed by atoms with van der Waals surface area (Å²) in [5, 5.41) is 4.59. The minimum atomic E-state index is 1.05. The topological polar surface area (TPSA) is 24.9 Å². The first-order valence-corrected chi connectivity index (χ1v) is 5.06. The second-order valence-corrected chi connectivity index (χ2v) is 3.72. The minimum absolute atomic E-state index is 1.05. The molecule has 0 unspecified atom stereocenters. The smallest absolute Gasteiger partial charge is 0.129 e. The van der Waals surface area contributed by atoms with Gasteiger partial charge in [-0.15, -0.1) is 0 Å². The second-order valence-electron chi connectivity index (χ2n) is 3.72. The van der Waals surface area contributed by atoms with E-state index in [1.54, 1.807) is 0 Å². The zero-order chi connectivity index (χ0) is 9.38. The molecule has 1 aliphatic heterocycles. The Kier molecular flexibility index (Phi) is 1.66. The molecule has 0 aliphatic carbocycles. The standard InChI is InChI=1S/C12H12N2/c1-2-6-11-9(4-1)8-10-5-3-7-13-12(10)14-11/h1-2,4,6,8H,3,5,7H2,(H,13,14). The zero-order valence-electron chi connectivity index (χ0n) is 7.96. The molecular weight excluding hydrogens is 172 g/mol. The average molecular weight is 184 g/mol. The van der Waals surface area contributed by atoms with Crippen LogP contribution in [0.2, 0.25) is 0 Å². The van der Waals surface area contributed by atoms with E-state index in [4.69, 9.17) is 0 Å². The van der Waals surface area contributed by atoms with Crippen LogP contribution < -0.4 is 5.32 Å². The summed E-state index contributed by atoms with van der Waals surface area (Å²) in [6, 6.07) is 10.5. The van der Waals surface area contributed by atoms with Gasteiger partial charge in [-0.25, -0.2) is 4.98 Å². The number of nitrogens with zero attached hydrogens (tertiary/aromatic N) is 1. The molecule has 1 N–H and O–H groups in total. The number of hydrogen-bond donors (Lipinski definition) is 1. The lowest BCUT2D eigenvalue weighted by atomic mass is 10.0. The molecule has 0 atom stereocenters. The van der Waals surface area contributed by atoms with Gasteiger partial charge in [0.1, 0.15) is 5.82 Å². The van der Waals surface area contributed by atoms with E-state index >= 15 is 0 Å². The van der Waals surface area contributed by atoms with Gasteiger partial charge in [0.15, 0.2) is 0 Å². The highest BCUT2D eigenvalue weighted by Gasteiger charge is 2.10. The number of fused-ring (bicyclic) bond motifs is 2. The molecular formula is C12H12N2. The molecule has 0 saturated heterocycles. The van der Waals surface area contributed by atoms with Crippen molar-refractivity contribution in [2.75, 3.05) is 11.9 Å². The van der Waals surface area contributed by atoms with Gasteiger partial charge in [-0.1, -0.05) is 18.2 Å². The normalized spacial score (nSPS) is 14.9. The maximum atomic E-state index is 4.60. The van der Waals surface area contributed by atoms with Gasteiger partial charge in [-0.05, 0) is 30.5 Å². The largest absolute Gasteiger partial charge is 0.370 e. The number of benzene rings is 1. The molecule has 2 heteroatoms. The lowest BCUT2D eigenvalue weighted by Gasteiger charge is -2.17. The molecule has 0 bridgehead atoms. The van der Waals surface area contributed by atoms with Crippen molar-refractivity contribution in [1.82, 2.24) is 4.98 Å². The predicted octanol–water partition coefficient (Wildman–Crippen LogP) is 2.59. The third-order valence-electron chi connectivity index (χ3n) is 2.72. The molecule has 1 aromatic carbocycles. The number of anilines is 1. The Labute approximate surface area is 83.0 Å². The van der Waals surface area contributed by atoms with E-state index in [0.29, 0.717) is 0 Å². The average Bonchev–Trinajstić information content (AvgIpc) is 2.26. The lowest BCUT2D eigenvalue weighted by molar-refractivity contribution is 0.821. The maximum absolute atomic E-state index is 4.60. The highest BCUT2D eigenvalue weighted by Crippen LogP contribution is 2.23. The molecule has 0 saturated carbocycles. The number of nitrogens with one attached hydrogen (secondary N) is 1. The van der Waals surface area contributed by atoms with Crippen LogP contribution >= 0.6 is 0 Å². The Balaban J connectivity index is 2.27. The van der Waals surface area contributed by atoms with E-state index in [0.717, 1.165) is 24.3 Å². The van der Waals surface area contributed by atoms with Crippen molar-refractivity contribution in [3.05, 3.63) is 35.9 Å². The Morgan fingerprint density at radius 2 is 2.14 bits per heavy atom. The molecule has 0 radical (unpaired) electrons. The molecule has 14 heavy (non-hydrogen) atoms. The molecule has 1 aromatic heterocycles. The summed E-state index contributed by atoms with van der Waals surface area (Å²) in [6.45, 7) is 1.05. The van der Waals surface area contributed by atoms with Gasteiger partial charge in [0.2, 0.25) is 0 Å². The number of rotatable bonds is 0. The van der Waals surface area contributed by atoms with Gasteiger partial charge in [0.25, 0.3) is 0 Å². The van der Waals surface area contributed by atoms with Crippen LogP contribution in [0.3, 0.4) is 0 Å². The number of hydrogen-bond acceptors (Lipinski definition) is 2. The molecule has 2 nitrogen and oxygen atoms in total. The Morgan fingerprint density at radius 3 is 3.14 bits per heavy atom. The van der Waals surface area contributed by atoms with E-state index in [9.17, 15) is 0 Å². The number of aromatic nitrogens is 1. The maximum Gasteiger partial charge on any atom is 0.129 e. The highest BCUT2D eigenvalue weighted by atomic mass is 15.0. The summed E-state index contributed by atoms with van der Waals surface area (Å²) in [5.74, 6) is 1.08. The molecule has 0 amide bonds. The van der Waals surface area contributed by atoms with Gasteiger partial charge in [-0.2, -0.15) is 0 Å². The summed E-state index contributed by atoms with van der Waals surface area (Å²) in [7, 11) is 0. The first kappa shape index (κ1) is 7.80. The van der Waals surface area contributed by atoms with Crippen molar-refractivity contribution in [2.24, 2.45) is 0 Å². The molecule has 0 fully saturated rings. The third-order valence-corrected chi connectivity index (χ3v) is 2.72. The number of pyridine rings is 1. The van der Waals surface area contributed by atoms with Gasteiger partial charge in [0, 0.05) is 11.9 Å². The van der Waals surface area contributed by atoms with Crippen LogP contribution in [0.15, 0.2) is 30.3 Å². The van der Waals surface area contributed by atoms with Crippen LogP contribution in [-0.2, 0) is 6.42 Å². The van der Waals surface area contributed by atoms with E-state index in [-0.39, 0.29) is 0 Å². The fourth-order valence-electron chi connectivity index (χ4n) is 1.99. The van der Waals surface area contributed by atoms with Gasteiger partial charge < -0.3 is 5.32 Å².